The van der Waals surface area contributed by atoms with Gasteiger partial charge in [-0.1, -0.05) is 12.1 Å². The van der Waals surface area contributed by atoms with E-state index in [2.05, 4.69) is 17.9 Å². The molecule has 4 nitrogen and oxygen atoms in total. The van der Waals surface area contributed by atoms with E-state index in [-0.39, 0.29) is 5.91 Å². The number of nitrogens with zero attached hydrogens (tertiary/aromatic N) is 1. The highest BCUT2D eigenvalue weighted by Gasteiger charge is 2.06. The van der Waals surface area contributed by atoms with Crippen LogP contribution in [0, 0.1) is 0 Å². The minimum atomic E-state index is -0.545. The van der Waals surface area contributed by atoms with Crippen LogP contribution in [0.3, 0.4) is 0 Å². The van der Waals surface area contributed by atoms with Crippen LogP contribution in [0.5, 0.6) is 0 Å². The Labute approximate surface area is 118 Å². The van der Waals surface area contributed by atoms with Crippen LogP contribution in [-0.2, 0) is 9.59 Å². The topological polar surface area (TPSA) is 49.4 Å². The maximum atomic E-state index is 11.5. The lowest BCUT2D eigenvalue weighted by Crippen LogP contribution is -2.36. The summed E-state index contributed by atoms with van der Waals surface area (Å²) in [5.41, 5.74) is 2.02. The Bertz CT molecular complexity index is 455. The van der Waals surface area contributed by atoms with Crippen molar-refractivity contribution in [2.45, 2.75) is 6.04 Å². The molecule has 0 saturated carbocycles. The first-order valence-corrected chi connectivity index (χ1v) is 6.52. The Morgan fingerprint density at radius 1 is 1.37 bits per heavy atom. The molecule has 0 saturated heterocycles. The normalized spacial score (nSPS) is 12.2. The van der Waals surface area contributed by atoms with Crippen molar-refractivity contribution in [2.75, 3.05) is 24.7 Å². The molecule has 1 rings (SSSR count). The zero-order chi connectivity index (χ0) is 14.3. The fraction of sp³-hybridized carbons (Fsp3) is 0.286. The summed E-state index contributed by atoms with van der Waals surface area (Å²) in [6.45, 7) is 0. The maximum absolute atomic E-state index is 11.5. The van der Waals surface area contributed by atoms with Crippen molar-refractivity contribution < 1.29 is 9.59 Å². The lowest BCUT2D eigenvalue weighted by Gasteiger charge is -2.11. The third-order valence-corrected chi connectivity index (χ3v) is 2.92. The number of hydrogen-bond donors (Lipinski definition) is 2. The van der Waals surface area contributed by atoms with E-state index in [1.54, 1.807) is 6.08 Å². The monoisotopic (exact) mass is 278 g/mol. The summed E-state index contributed by atoms with van der Waals surface area (Å²) in [6.07, 6.45) is 3.78. The van der Waals surface area contributed by atoms with E-state index < -0.39 is 6.04 Å². The van der Waals surface area contributed by atoms with Gasteiger partial charge in [0.05, 0.1) is 6.04 Å². The van der Waals surface area contributed by atoms with Crippen molar-refractivity contribution in [3.8, 4) is 0 Å². The molecule has 0 bridgehead atoms. The minimum Gasteiger partial charge on any atom is -0.378 e. The first-order valence-electron chi connectivity index (χ1n) is 5.89. The molecule has 0 aliphatic rings. The van der Waals surface area contributed by atoms with E-state index in [0.29, 0.717) is 12.0 Å². The summed E-state index contributed by atoms with van der Waals surface area (Å²) in [5, 5.41) is 2.54. The van der Waals surface area contributed by atoms with Crippen LogP contribution >= 0.6 is 12.6 Å². The number of thiol groups is 1. The van der Waals surface area contributed by atoms with Gasteiger partial charge >= 0.3 is 0 Å². The number of aldehydes is 1. The fourth-order valence-corrected chi connectivity index (χ4v) is 1.59. The summed E-state index contributed by atoms with van der Waals surface area (Å²) >= 11 is 3.96. The Morgan fingerprint density at radius 2 is 2.00 bits per heavy atom. The third-order valence-electron chi connectivity index (χ3n) is 2.53. The second-order valence-corrected chi connectivity index (χ2v) is 4.62. The number of carbonyl (C=O) groups is 2. The lowest BCUT2D eigenvalue weighted by atomic mass is 10.2. The third kappa shape index (κ3) is 5.18. The summed E-state index contributed by atoms with van der Waals surface area (Å²) in [7, 11) is 3.94. The minimum absolute atomic E-state index is 0.292. The van der Waals surface area contributed by atoms with Gasteiger partial charge in [0, 0.05) is 31.6 Å². The molecule has 5 heteroatoms. The highest BCUT2D eigenvalue weighted by molar-refractivity contribution is 7.80. The molecular weight excluding hydrogens is 260 g/mol. The van der Waals surface area contributed by atoms with Crippen molar-refractivity contribution in [1.29, 1.82) is 0 Å². The van der Waals surface area contributed by atoms with E-state index in [1.165, 1.54) is 6.08 Å². The van der Waals surface area contributed by atoms with E-state index in [1.807, 2.05) is 43.3 Å². The van der Waals surface area contributed by atoms with Gasteiger partial charge in [0.25, 0.3) is 0 Å². The number of hydrogen-bond acceptors (Lipinski definition) is 4. The highest BCUT2D eigenvalue weighted by Crippen LogP contribution is 2.12. The van der Waals surface area contributed by atoms with Crippen LogP contribution < -0.4 is 10.2 Å². The first-order chi connectivity index (χ1) is 9.06. The van der Waals surface area contributed by atoms with Gasteiger partial charge in [-0.3, -0.25) is 4.79 Å². The second kappa shape index (κ2) is 7.63. The molecule has 1 aromatic rings. The standard InChI is InChI=1S/C14H18N2O2S/c1-16(2)13-6-3-11(4-7-13)5-8-14(18)15-12(9-17)10-19/h3-9,12,19H,10H2,1-2H3,(H,15,18)/b8-5+/t12-/m0/s1. The molecule has 1 atom stereocenters. The van der Waals surface area contributed by atoms with Crippen molar-refractivity contribution in [3.63, 3.8) is 0 Å². The van der Waals surface area contributed by atoms with Crippen LogP contribution in [0.15, 0.2) is 30.3 Å². The van der Waals surface area contributed by atoms with Crippen LogP contribution in [0.25, 0.3) is 6.08 Å². The van der Waals surface area contributed by atoms with Gasteiger partial charge in [-0.2, -0.15) is 12.6 Å². The average molecular weight is 278 g/mol. The van der Waals surface area contributed by atoms with Crippen molar-refractivity contribution in [3.05, 3.63) is 35.9 Å². The second-order valence-electron chi connectivity index (χ2n) is 4.25. The summed E-state index contributed by atoms with van der Waals surface area (Å²) < 4.78 is 0. The average Bonchev–Trinajstić information content (AvgIpc) is 2.43. The molecule has 0 unspecified atom stereocenters. The van der Waals surface area contributed by atoms with Gasteiger partial charge in [0.15, 0.2) is 0 Å². The Kier molecular flexibility index (Phi) is 6.15. The molecular formula is C14H18N2O2S. The van der Waals surface area contributed by atoms with E-state index in [9.17, 15) is 9.59 Å². The number of benzene rings is 1. The van der Waals surface area contributed by atoms with Gasteiger partial charge in [0.1, 0.15) is 6.29 Å². The summed E-state index contributed by atoms with van der Waals surface area (Å²) in [4.78, 5) is 24.1. The molecule has 0 aliphatic carbocycles. The smallest absolute Gasteiger partial charge is 0.244 e. The highest BCUT2D eigenvalue weighted by atomic mass is 32.1. The van der Waals surface area contributed by atoms with Crippen molar-refractivity contribution in [2.24, 2.45) is 0 Å². The van der Waals surface area contributed by atoms with E-state index in [0.717, 1.165) is 11.3 Å². The molecule has 0 fully saturated rings. The maximum Gasteiger partial charge on any atom is 0.244 e. The molecule has 0 aliphatic heterocycles. The predicted octanol–water partition coefficient (Wildman–Crippen LogP) is 1.38. The molecule has 0 heterocycles. The molecule has 19 heavy (non-hydrogen) atoms. The molecule has 1 aromatic carbocycles. The Hall–Kier alpha value is -1.75. The summed E-state index contributed by atoms with van der Waals surface area (Å²) in [5.74, 6) is -0.0107. The van der Waals surface area contributed by atoms with E-state index in [4.69, 9.17) is 0 Å². The van der Waals surface area contributed by atoms with Gasteiger partial charge < -0.3 is 15.0 Å². The van der Waals surface area contributed by atoms with Crippen LogP contribution in [-0.4, -0.2) is 38.1 Å². The summed E-state index contributed by atoms with van der Waals surface area (Å²) in [6, 6.07) is 7.25. The van der Waals surface area contributed by atoms with Crippen LogP contribution in [0.4, 0.5) is 5.69 Å². The van der Waals surface area contributed by atoms with Crippen LogP contribution in [0.2, 0.25) is 0 Å². The predicted molar refractivity (Wildman–Crippen MR) is 81.7 cm³/mol. The molecule has 102 valence electrons. The van der Waals surface area contributed by atoms with Gasteiger partial charge in [-0.05, 0) is 23.8 Å². The van der Waals surface area contributed by atoms with Gasteiger partial charge in [-0.15, -0.1) is 0 Å². The first kappa shape index (κ1) is 15.3. The zero-order valence-corrected chi connectivity index (χ0v) is 11.9. The number of amides is 1. The fourth-order valence-electron chi connectivity index (χ4n) is 1.41. The molecule has 0 radical (unpaired) electrons. The largest absolute Gasteiger partial charge is 0.378 e. The lowest BCUT2D eigenvalue weighted by molar-refractivity contribution is -0.119. The molecule has 0 spiro atoms. The molecule has 1 N–H and O–H groups in total. The number of anilines is 1. The van der Waals surface area contributed by atoms with Crippen molar-refractivity contribution in [1.82, 2.24) is 5.32 Å². The molecule has 1 amide bonds. The Balaban J connectivity index is 2.60. The number of nitrogens with one attached hydrogen (secondary N) is 1. The SMILES string of the molecule is CN(C)c1ccc(/C=C/C(=O)N[C@@H](C=O)CS)cc1. The van der Waals surface area contributed by atoms with Gasteiger partial charge in [0.2, 0.25) is 5.91 Å². The van der Waals surface area contributed by atoms with Gasteiger partial charge in [-0.25, -0.2) is 0 Å². The van der Waals surface area contributed by atoms with Crippen LogP contribution in [0.1, 0.15) is 5.56 Å². The van der Waals surface area contributed by atoms with Crippen molar-refractivity contribution >= 4 is 36.6 Å². The van der Waals surface area contributed by atoms with E-state index >= 15 is 0 Å². The molecule has 0 aromatic heterocycles. The Morgan fingerprint density at radius 3 is 2.47 bits per heavy atom. The number of carbonyl (C=O) groups excluding carboxylic acids is 2. The number of rotatable bonds is 6. The zero-order valence-electron chi connectivity index (χ0n) is 11.0. The quantitative estimate of drug-likeness (QED) is 0.469.